The standard InChI is InChI=1S/2C40H28S.O2S/c2*1-5-13-29(14-6-1)33-23-34(30-15-7-2-8-16-30)26-37(25-33)39-21-22-40(41-39)38-27-35(31-17-9-3-10-18-31)24-36(28-38)32-19-11-4-12-20-32;1-3-2/h2*1-28H;. The second-order valence-electron chi connectivity index (χ2n) is 20.5. The van der Waals surface area contributed by atoms with E-state index in [1.807, 2.05) is 22.7 Å². The summed E-state index contributed by atoms with van der Waals surface area (Å²) in [5.41, 5.74) is 24.6. The van der Waals surface area contributed by atoms with Gasteiger partial charge in [0.05, 0.1) is 0 Å². The van der Waals surface area contributed by atoms with Gasteiger partial charge in [0, 0.05) is 19.5 Å². The monoisotopic (exact) mass is 1140 g/mol. The van der Waals surface area contributed by atoms with Crippen molar-refractivity contribution in [1.29, 1.82) is 0 Å². The first-order valence-corrected chi connectivity index (χ1v) is 30.5. The fourth-order valence-electron chi connectivity index (χ4n) is 10.8. The molecule has 0 saturated heterocycles. The Bertz CT molecular complexity index is 3700. The molecular formula is C80H56O2S3. The molecule has 0 spiro atoms. The van der Waals surface area contributed by atoms with Gasteiger partial charge in [-0.2, -0.15) is 8.42 Å². The van der Waals surface area contributed by atoms with Gasteiger partial charge in [0.25, 0.3) is 0 Å². The topological polar surface area (TPSA) is 34.1 Å². The molecule has 0 bridgehead atoms. The summed E-state index contributed by atoms with van der Waals surface area (Å²) < 4.78 is 16.6. The van der Waals surface area contributed by atoms with E-state index in [4.69, 9.17) is 8.42 Å². The first kappa shape index (κ1) is 55.4. The highest BCUT2D eigenvalue weighted by Gasteiger charge is 2.15. The Labute approximate surface area is 509 Å². The van der Waals surface area contributed by atoms with Crippen molar-refractivity contribution in [3.8, 4) is 131 Å². The summed E-state index contributed by atoms with van der Waals surface area (Å²) in [6, 6.07) is 122. The minimum absolute atomic E-state index is 0.750. The molecule has 12 aromatic carbocycles. The van der Waals surface area contributed by atoms with E-state index in [1.165, 1.54) is 131 Å². The molecule has 2 nitrogen and oxygen atoms in total. The van der Waals surface area contributed by atoms with Crippen molar-refractivity contribution in [1.82, 2.24) is 0 Å². The summed E-state index contributed by atoms with van der Waals surface area (Å²) in [7, 11) is 0. The minimum Gasteiger partial charge on any atom is -0.168 e. The van der Waals surface area contributed by atoms with Crippen LogP contribution in [0.1, 0.15) is 0 Å². The van der Waals surface area contributed by atoms with E-state index >= 15 is 0 Å². The van der Waals surface area contributed by atoms with Crippen LogP contribution in [0, 0.1) is 0 Å². The molecule has 0 atom stereocenters. The van der Waals surface area contributed by atoms with Crippen LogP contribution in [0.5, 0.6) is 0 Å². The van der Waals surface area contributed by atoms with Gasteiger partial charge in [-0.15, -0.1) is 22.7 Å². The van der Waals surface area contributed by atoms with E-state index < -0.39 is 11.6 Å². The average Bonchev–Trinajstić information content (AvgIpc) is 4.52. The Hall–Kier alpha value is -10.1. The zero-order valence-electron chi connectivity index (χ0n) is 46.4. The third kappa shape index (κ3) is 13.5. The fourth-order valence-corrected chi connectivity index (χ4v) is 12.7. The van der Waals surface area contributed by atoms with Crippen molar-refractivity contribution in [2.24, 2.45) is 0 Å². The van der Waals surface area contributed by atoms with Gasteiger partial charge in [-0.1, -0.05) is 243 Å². The van der Waals surface area contributed by atoms with E-state index in [-0.39, 0.29) is 0 Å². The molecule has 5 heteroatoms. The maximum Gasteiger partial charge on any atom is 0.335 e. The molecule has 0 radical (unpaired) electrons. The first-order valence-electron chi connectivity index (χ1n) is 28.2. The van der Waals surface area contributed by atoms with Gasteiger partial charge in [0.15, 0.2) is 0 Å². The normalized spacial score (nSPS) is 10.7. The van der Waals surface area contributed by atoms with Crippen LogP contribution in [0.4, 0.5) is 0 Å². The first-order chi connectivity index (χ1) is 42.0. The van der Waals surface area contributed by atoms with Gasteiger partial charge in [-0.3, -0.25) is 0 Å². The molecule has 14 aromatic rings. The summed E-state index contributed by atoms with van der Waals surface area (Å²) in [6.45, 7) is 0. The molecule has 2 heterocycles. The van der Waals surface area contributed by atoms with Gasteiger partial charge >= 0.3 is 11.6 Å². The summed E-state index contributed by atoms with van der Waals surface area (Å²) >= 11 is 2.96. The largest absolute Gasteiger partial charge is 0.335 e. The Kier molecular flexibility index (Phi) is 17.5. The van der Waals surface area contributed by atoms with Crippen molar-refractivity contribution in [2.45, 2.75) is 0 Å². The smallest absolute Gasteiger partial charge is 0.168 e. The van der Waals surface area contributed by atoms with E-state index in [2.05, 4.69) is 340 Å². The predicted molar refractivity (Wildman–Crippen MR) is 363 cm³/mol. The Morgan fingerprint density at radius 1 is 0.153 bits per heavy atom. The average molecular weight is 1150 g/mol. The number of hydrogen-bond donors (Lipinski definition) is 0. The summed E-state index contributed by atoms with van der Waals surface area (Å²) in [6.07, 6.45) is 0. The Morgan fingerprint density at radius 2 is 0.271 bits per heavy atom. The lowest BCUT2D eigenvalue weighted by molar-refractivity contribution is 0.630. The summed E-state index contributed by atoms with van der Waals surface area (Å²) in [5.74, 6) is 0. The van der Waals surface area contributed by atoms with Crippen LogP contribution in [0.25, 0.3) is 131 Å². The highest BCUT2D eigenvalue weighted by molar-refractivity contribution is 7.51. The maximum atomic E-state index is 8.29. The van der Waals surface area contributed by atoms with Crippen molar-refractivity contribution in [2.75, 3.05) is 0 Å². The highest BCUT2D eigenvalue weighted by Crippen LogP contribution is 2.43. The van der Waals surface area contributed by atoms with E-state index in [0.29, 0.717) is 0 Å². The van der Waals surface area contributed by atoms with Crippen molar-refractivity contribution < 1.29 is 8.42 Å². The van der Waals surface area contributed by atoms with E-state index in [1.54, 1.807) is 0 Å². The third-order valence-electron chi connectivity index (χ3n) is 14.9. The molecule has 0 amide bonds. The molecule has 0 fully saturated rings. The SMILES string of the molecule is O=S=O.c1ccc(-c2cc(-c3ccccc3)cc(-c3ccc(-c4cc(-c5ccccc5)cc(-c5ccccc5)c4)s3)c2)cc1.c1ccc(-c2cc(-c3ccccc3)cc(-c3ccc(-c4cc(-c5ccccc5)cc(-c5ccccc5)c4)s3)c2)cc1. The number of benzene rings is 12. The summed E-state index contributed by atoms with van der Waals surface area (Å²) in [4.78, 5) is 5.06. The molecule has 14 rings (SSSR count). The second-order valence-corrected chi connectivity index (χ2v) is 22.8. The summed E-state index contributed by atoms with van der Waals surface area (Å²) in [5, 5.41) is 0. The lowest BCUT2D eigenvalue weighted by atomic mass is 9.95. The number of thiophene rings is 2. The fraction of sp³-hybridized carbons (Fsp3) is 0. The lowest BCUT2D eigenvalue weighted by Gasteiger charge is -2.11. The van der Waals surface area contributed by atoms with Crippen LogP contribution in [-0.4, -0.2) is 8.42 Å². The zero-order valence-corrected chi connectivity index (χ0v) is 48.8. The Morgan fingerprint density at radius 3 is 0.400 bits per heavy atom. The quantitative estimate of drug-likeness (QED) is 0.122. The van der Waals surface area contributed by atoms with Crippen molar-refractivity contribution >= 4 is 34.2 Å². The molecular weight excluding hydrogens is 1090 g/mol. The second kappa shape index (κ2) is 26.8. The Balaban J connectivity index is 0.000000160. The third-order valence-corrected chi connectivity index (χ3v) is 17.3. The zero-order chi connectivity index (χ0) is 57.6. The van der Waals surface area contributed by atoms with Crippen LogP contribution in [0.3, 0.4) is 0 Å². The van der Waals surface area contributed by atoms with Crippen LogP contribution >= 0.6 is 22.7 Å². The molecule has 406 valence electrons. The van der Waals surface area contributed by atoms with Gasteiger partial charge in [-0.25, -0.2) is 0 Å². The predicted octanol–water partition coefficient (Wildman–Crippen LogP) is 22.8. The molecule has 0 N–H and O–H groups in total. The number of rotatable bonds is 12. The van der Waals surface area contributed by atoms with Gasteiger partial charge in [-0.05, 0) is 208 Å². The van der Waals surface area contributed by atoms with Gasteiger partial charge in [0.1, 0.15) is 0 Å². The van der Waals surface area contributed by atoms with Crippen molar-refractivity contribution in [3.63, 3.8) is 0 Å². The molecule has 2 aromatic heterocycles. The molecule has 0 aliphatic rings. The molecule has 0 aliphatic heterocycles. The molecule has 0 unspecified atom stereocenters. The molecule has 0 saturated carbocycles. The van der Waals surface area contributed by atoms with Crippen LogP contribution in [-0.2, 0) is 11.6 Å². The number of hydrogen-bond acceptors (Lipinski definition) is 4. The molecule has 85 heavy (non-hydrogen) atoms. The van der Waals surface area contributed by atoms with Gasteiger partial charge < -0.3 is 0 Å². The lowest BCUT2D eigenvalue weighted by Crippen LogP contribution is -1.85. The van der Waals surface area contributed by atoms with Crippen LogP contribution in [0.2, 0.25) is 0 Å². The van der Waals surface area contributed by atoms with Crippen LogP contribution in [0.15, 0.2) is 340 Å². The van der Waals surface area contributed by atoms with E-state index in [0.717, 1.165) is 0 Å². The van der Waals surface area contributed by atoms with E-state index in [9.17, 15) is 0 Å². The minimum atomic E-state index is -0.750. The van der Waals surface area contributed by atoms with Crippen molar-refractivity contribution in [3.05, 3.63) is 340 Å². The molecule has 0 aliphatic carbocycles. The van der Waals surface area contributed by atoms with Crippen LogP contribution < -0.4 is 0 Å². The van der Waals surface area contributed by atoms with Gasteiger partial charge in [0.2, 0.25) is 0 Å². The highest BCUT2D eigenvalue weighted by atomic mass is 32.1. The maximum absolute atomic E-state index is 8.29.